The Labute approximate surface area is 124 Å². The molecule has 2 fully saturated rings. The molecule has 6 heteroatoms. The minimum Gasteiger partial charge on any atom is -0.357 e. The molecule has 2 saturated carbocycles. The highest BCUT2D eigenvalue weighted by Gasteiger charge is 2.41. The maximum absolute atomic E-state index is 12.6. The lowest BCUT2D eigenvalue weighted by molar-refractivity contribution is -0.182. The summed E-state index contributed by atoms with van der Waals surface area (Å²) >= 11 is 0. The molecule has 0 aromatic rings. The van der Waals surface area contributed by atoms with Crippen molar-refractivity contribution in [2.75, 3.05) is 13.1 Å². The first-order chi connectivity index (χ1) is 9.99. The second-order valence-electron chi connectivity index (χ2n) is 6.23. The Balaban J connectivity index is 1.75. The van der Waals surface area contributed by atoms with Crippen LogP contribution in [0.25, 0.3) is 0 Å². The van der Waals surface area contributed by atoms with E-state index in [2.05, 4.69) is 15.6 Å². The topological polar surface area (TPSA) is 36.4 Å². The first-order valence-electron chi connectivity index (χ1n) is 8.10. The number of hydrogen-bond donors (Lipinski definition) is 2. The normalized spacial score (nSPS) is 27.5. The van der Waals surface area contributed by atoms with Crippen molar-refractivity contribution in [3.05, 3.63) is 0 Å². The molecule has 0 aromatic carbocycles. The van der Waals surface area contributed by atoms with Crippen molar-refractivity contribution in [2.24, 2.45) is 16.8 Å². The molecule has 0 unspecified atom stereocenters. The van der Waals surface area contributed by atoms with E-state index < -0.39 is 12.1 Å². The molecule has 21 heavy (non-hydrogen) atoms. The number of aliphatic imine (C=N–C) groups is 1. The molecule has 0 heterocycles. The zero-order valence-corrected chi connectivity index (χ0v) is 12.7. The van der Waals surface area contributed by atoms with E-state index in [-0.39, 0.29) is 18.9 Å². The number of rotatable bonds is 5. The average Bonchev–Trinajstić information content (AvgIpc) is 3.23. The van der Waals surface area contributed by atoms with Crippen LogP contribution < -0.4 is 10.6 Å². The van der Waals surface area contributed by atoms with Gasteiger partial charge < -0.3 is 10.6 Å². The van der Waals surface area contributed by atoms with E-state index in [1.807, 2.05) is 6.92 Å². The predicted molar refractivity (Wildman–Crippen MR) is 78.3 cm³/mol. The van der Waals surface area contributed by atoms with Gasteiger partial charge in [0, 0.05) is 19.1 Å². The largest absolute Gasteiger partial charge is 0.391 e. The molecule has 0 atom stereocenters. The van der Waals surface area contributed by atoms with E-state index in [1.54, 1.807) is 0 Å². The van der Waals surface area contributed by atoms with Crippen molar-refractivity contribution in [3.63, 3.8) is 0 Å². The summed E-state index contributed by atoms with van der Waals surface area (Å²) in [7, 11) is 0. The molecule has 0 bridgehead atoms. The zero-order valence-electron chi connectivity index (χ0n) is 12.7. The van der Waals surface area contributed by atoms with Crippen LogP contribution in [0.3, 0.4) is 0 Å². The molecule has 3 nitrogen and oxygen atoms in total. The number of alkyl halides is 3. The molecule has 0 aromatic heterocycles. The van der Waals surface area contributed by atoms with Crippen LogP contribution in [0.2, 0.25) is 0 Å². The molecular formula is C15H26F3N3. The fourth-order valence-electron chi connectivity index (χ4n) is 2.84. The summed E-state index contributed by atoms with van der Waals surface area (Å²) in [4.78, 5) is 4.53. The lowest BCUT2D eigenvalue weighted by Gasteiger charge is -2.31. The molecule has 2 aliphatic carbocycles. The van der Waals surface area contributed by atoms with E-state index in [4.69, 9.17) is 0 Å². The molecule has 0 spiro atoms. The second-order valence-corrected chi connectivity index (χ2v) is 6.23. The summed E-state index contributed by atoms with van der Waals surface area (Å²) in [6.45, 7) is 3.57. The Kier molecular flexibility index (Phi) is 5.76. The van der Waals surface area contributed by atoms with Crippen LogP contribution in [0.5, 0.6) is 0 Å². The number of hydrogen-bond acceptors (Lipinski definition) is 1. The van der Waals surface area contributed by atoms with Crippen LogP contribution in [0.1, 0.15) is 51.9 Å². The quantitative estimate of drug-likeness (QED) is 0.603. The number of halogens is 3. The van der Waals surface area contributed by atoms with E-state index in [1.165, 1.54) is 12.8 Å². The summed E-state index contributed by atoms with van der Waals surface area (Å²) < 4.78 is 37.9. The van der Waals surface area contributed by atoms with Crippen molar-refractivity contribution >= 4 is 5.96 Å². The van der Waals surface area contributed by atoms with Crippen LogP contribution in [0, 0.1) is 11.8 Å². The number of nitrogens with zero attached hydrogens (tertiary/aromatic N) is 1. The highest BCUT2D eigenvalue weighted by Crippen LogP contribution is 2.37. The SMILES string of the molecule is CCNC(=NCCC1CC1)NC1CCC(C(F)(F)F)CC1. The van der Waals surface area contributed by atoms with Gasteiger partial charge in [-0.2, -0.15) is 13.2 Å². The second kappa shape index (κ2) is 7.36. The summed E-state index contributed by atoms with van der Waals surface area (Å²) in [6, 6.07) is 0.113. The minimum absolute atomic E-state index is 0.113. The van der Waals surface area contributed by atoms with E-state index in [0.29, 0.717) is 12.8 Å². The molecule has 0 aliphatic heterocycles. The minimum atomic E-state index is -4.03. The van der Waals surface area contributed by atoms with Crippen LogP contribution in [-0.2, 0) is 0 Å². The number of nitrogens with one attached hydrogen (secondary N) is 2. The van der Waals surface area contributed by atoms with Gasteiger partial charge in [-0.05, 0) is 44.9 Å². The molecule has 0 saturated heterocycles. The zero-order chi connectivity index (χ0) is 15.3. The number of guanidine groups is 1. The van der Waals surface area contributed by atoms with Crippen molar-refractivity contribution < 1.29 is 13.2 Å². The Bertz CT molecular complexity index is 343. The lowest BCUT2D eigenvalue weighted by atomic mass is 9.85. The van der Waals surface area contributed by atoms with Gasteiger partial charge in [0.25, 0.3) is 0 Å². The third-order valence-corrected chi connectivity index (χ3v) is 4.38. The van der Waals surface area contributed by atoms with E-state index >= 15 is 0 Å². The van der Waals surface area contributed by atoms with Crippen LogP contribution in [-0.4, -0.2) is 31.3 Å². The van der Waals surface area contributed by atoms with Crippen LogP contribution >= 0.6 is 0 Å². The maximum Gasteiger partial charge on any atom is 0.391 e. The summed E-state index contributed by atoms with van der Waals surface area (Å²) in [5, 5.41) is 6.48. The van der Waals surface area contributed by atoms with E-state index in [0.717, 1.165) is 31.4 Å². The Morgan fingerprint density at radius 3 is 2.29 bits per heavy atom. The van der Waals surface area contributed by atoms with Gasteiger partial charge in [0.05, 0.1) is 5.92 Å². The fraction of sp³-hybridized carbons (Fsp3) is 0.933. The monoisotopic (exact) mass is 305 g/mol. The molecule has 2 aliphatic rings. The molecule has 0 radical (unpaired) electrons. The lowest BCUT2D eigenvalue weighted by Crippen LogP contribution is -2.45. The van der Waals surface area contributed by atoms with Crippen LogP contribution in [0.4, 0.5) is 13.2 Å². The molecule has 122 valence electrons. The molecule has 2 N–H and O–H groups in total. The van der Waals surface area contributed by atoms with Gasteiger partial charge >= 0.3 is 6.18 Å². The van der Waals surface area contributed by atoms with Crippen molar-refractivity contribution in [1.29, 1.82) is 0 Å². The van der Waals surface area contributed by atoms with Gasteiger partial charge in [0.2, 0.25) is 0 Å². The first-order valence-corrected chi connectivity index (χ1v) is 8.10. The summed E-state index contributed by atoms with van der Waals surface area (Å²) in [5.74, 6) is 0.484. The third-order valence-electron chi connectivity index (χ3n) is 4.38. The van der Waals surface area contributed by atoms with E-state index in [9.17, 15) is 13.2 Å². The summed E-state index contributed by atoms with van der Waals surface area (Å²) in [6.07, 6.45) is 1.31. The maximum atomic E-state index is 12.6. The Morgan fingerprint density at radius 1 is 1.10 bits per heavy atom. The van der Waals surface area contributed by atoms with Crippen molar-refractivity contribution in [3.8, 4) is 0 Å². The predicted octanol–water partition coefficient (Wildman–Crippen LogP) is 3.46. The summed E-state index contributed by atoms with van der Waals surface area (Å²) in [5.41, 5.74) is 0. The highest BCUT2D eigenvalue weighted by molar-refractivity contribution is 5.80. The third kappa shape index (κ3) is 5.75. The standard InChI is InChI=1S/C15H26F3N3/c1-2-19-14(20-10-9-11-3-4-11)21-13-7-5-12(6-8-13)15(16,17)18/h11-13H,2-10H2,1H3,(H2,19,20,21). The van der Waals surface area contributed by atoms with Crippen molar-refractivity contribution in [2.45, 2.75) is 64.1 Å². The fourth-order valence-corrected chi connectivity index (χ4v) is 2.84. The van der Waals surface area contributed by atoms with Crippen molar-refractivity contribution in [1.82, 2.24) is 10.6 Å². The van der Waals surface area contributed by atoms with Gasteiger partial charge in [-0.25, -0.2) is 0 Å². The Hall–Kier alpha value is -0.940. The highest BCUT2D eigenvalue weighted by atomic mass is 19.4. The van der Waals surface area contributed by atoms with Crippen LogP contribution in [0.15, 0.2) is 4.99 Å². The average molecular weight is 305 g/mol. The van der Waals surface area contributed by atoms with Gasteiger partial charge in [0.15, 0.2) is 5.96 Å². The smallest absolute Gasteiger partial charge is 0.357 e. The molecule has 0 amide bonds. The van der Waals surface area contributed by atoms with Gasteiger partial charge in [-0.1, -0.05) is 12.8 Å². The van der Waals surface area contributed by atoms with Gasteiger partial charge in [-0.3, -0.25) is 4.99 Å². The first kappa shape index (κ1) is 16.4. The molecular weight excluding hydrogens is 279 g/mol. The van der Waals surface area contributed by atoms with Gasteiger partial charge in [-0.15, -0.1) is 0 Å². The molecule has 2 rings (SSSR count). The van der Waals surface area contributed by atoms with Gasteiger partial charge in [0.1, 0.15) is 0 Å². The Morgan fingerprint density at radius 2 is 1.76 bits per heavy atom.